The van der Waals surface area contributed by atoms with E-state index in [1.54, 1.807) is 0 Å². The Labute approximate surface area is 98.2 Å². The summed E-state index contributed by atoms with van der Waals surface area (Å²) >= 11 is 0. The first-order valence-electron chi connectivity index (χ1n) is 6.26. The molecule has 2 rings (SSSR count). The second kappa shape index (κ2) is 5.90. The Morgan fingerprint density at radius 1 is 1.19 bits per heavy atom. The van der Waals surface area contributed by atoms with Gasteiger partial charge in [-0.1, -0.05) is 18.6 Å². The molecule has 1 aromatic rings. The maximum Gasteiger partial charge on any atom is 0.119 e. The van der Waals surface area contributed by atoms with Gasteiger partial charge in [0.2, 0.25) is 0 Å². The van der Waals surface area contributed by atoms with Crippen molar-refractivity contribution in [2.75, 3.05) is 26.2 Å². The van der Waals surface area contributed by atoms with Gasteiger partial charge < -0.3 is 4.74 Å². The van der Waals surface area contributed by atoms with Crippen LogP contribution in [-0.4, -0.2) is 31.1 Å². The first-order chi connectivity index (χ1) is 7.84. The highest BCUT2D eigenvalue weighted by Gasteiger charge is 2.09. The van der Waals surface area contributed by atoms with Crippen LogP contribution in [0.1, 0.15) is 24.8 Å². The maximum atomic E-state index is 5.75. The van der Waals surface area contributed by atoms with E-state index in [1.165, 1.54) is 37.9 Å². The van der Waals surface area contributed by atoms with Gasteiger partial charge in [0.15, 0.2) is 0 Å². The lowest BCUT2D eigenvalue weighted by Crippen LogP contribution is -2.33. The summed E-state index contributed by atoms with van der Waals surface area (Å²) in [5.41, 5.74) is 1.26. The number of benzene rings is 1. The first-order valence-corrected chi connectivity index (χ1v) is 6.26. The first kappa shape index (κ1) is 11.5. The molecule has 0 unspecified atom stereocenters. The summed E-state index contributed by atoms with van der Waals surface area (Å²) in [5.74, 6) is 0.997. The molecule has 1 aromatic carbocycles. The van der Waals surface area contributed by atoms with Gasteiger partial charge in [0.25, 0.3) is 0 Å². The van der Waals surface area contributed by atoms with E-state index in [2.05, 4.69) is 24.0 Å². The Balaban J connectivity index is 1.71. The molecule has 2 nitrogen and oxygen atoms in total. The van der Waals surface area contributed by atoms with Crippen LogP contribution >= 0.6 is 0 Å². The minimum absolute atomic E-state index is 0.809. The highest BCUT2D eigenvalue weighted by molar-refractivity contribution is 5.27. The summed E-state index contributed by atoms with van der Waals surface area (Å²) in [4.78, 5) is 2.50. The van der Waals surface area contributed by atoms with Crippen molar-refractivity contribution in [3.63, 3.8) is 0 Å². The monoisotopic (exact) mass is 219 g/mol. The van der Waals surface area contributed by atoms with E-state index >= 15 is 0 Å². The Bertz CT molecular complexity index is 318. The van der Waals surface area contributed by atoms with Crippen LogP contribution in [0.15, 0.2) is 24.3 Å². The molecule has 2 heteroatoms. The molecule has 1 aliphatic heterocycles. The second-order valence-corrected chi connectivity index (χ2v) is 4.57. The molecular weight excluding hydrogens is 198 g/mol. The number of rotatable bonds is 4. The van der Waals surface area contributed by atoms with E-state index in [-0.39, 0.29) is 0 Å². The largest absolute Gasteiger partial charge is 0.492 e. The lowest BCUT2D eigenvalue weighted by atomic mass is 10.1. The van der Waals surface area contributed by atoms with Gasteiger partial charge in [0.1, 0.15) is 12.4 Å². The number of piperidine rings is 1. The SMILES string of the molecule is Cc1cccc(OCCN2CCCCC2)c1. The van der Waals surface area contributed by atoms with Crippen molar-refractivity contribution in [2.45, 2.75) is 26.2 Å². The molecule has 1 saturated heterocycles. The fourth-order valence-corrected chi connectivity index (χ4v) is 2.18. The molecule has 0 radical (unpaired) electrons. The normalized spacial score (nSPS) is 17.3. The van der Waals surface area contributed by atoms with Gasteiger partial charge in [-0.15, -0.1) is 0 Å². The van der Waals surface area contributed by atoms with Gasteiger partial charge in [-0.05, 0) is 50.6 Å². The fraction of sp³-hybridized carbons (Fsp3) is 0.571. The predicted octanol–water partition coefficient (Wildman–Crippen LogP) is 2.86. The van der Waals surface area contributed by atoms with Crippen LogP contribution in [-0.2, 0) is 0 Å². The van der Waals surface area contributed by atoms with Gasteiger partial charge in [-0.2, -0.15) is 0 Å². The van der Waals surface area contributed by atoms with E-state index in [0.717, 1.165) is 18.9 Å². The van der Waals surface area contributed by atoms with E-state index in [9.17, 15) is 0 Å². The third-order valence-electron chi connectivity index (χ3n) is 3.11. The van der Waals surface area contributed by atoms with Crippen LogP contribution in [0.5, 0.6) is 5.75 Å². The molecule has 0 bridgehead atoms. The number of hydrogen-bond acceptors (Lipinski definition) is 2. The lowest BCUT2D eigenvalue weighted by molar-refractivity contribution is 0.183. The van der Waals surface area contributed by atoms with Crippen LogP contribution in [0.2, 0.25) is 0 Å². The van der Waals surface area contributed by atoms with Crippen molar-refractivity contribution in [3.8, 4) is 5.75 Å². The summed E-state index contributed by atoms with van der Waals surface area (Å²) in [6.45, 7) is 6.46. The molecule has 88 valence electrons. The van der Waals surface area contributed by atoms with Gasteiger partial charge in [-0.3, -0.25) is 4.90 Å². The van der Waals surface area contributed by atoms with Crippen molar-refractivity contribution in [3.05, 3.63) is 29.8 Å². The van der Waals surface area contributed by atoms with Crippen molar-refractivity contribution < 1.29 is 4.74 Å². The summed E-state index contributed by atoms with van der Waals surface area (Å²) < 4.78 is 5.75. The molecule has 0 aromatic heterocycles. The average Bonchev–Trinajstić information content (AvgIpc) is 2.30. The molecule has 1 fully saturated rings. The summed E-state index contributed by atoms with van der Waals surface area (Å²) in [6, 6.07) is 8.27. The van der Waals surface area contributed by atoms with E-state index in [4.69, 9.17) is 4.74 Å². The molecule has 1 heterocycles. The highest BCUT2D eigenvalue weighted by atomic mass is 16.5. The predicted molar refractivity (Wildman–Crippen MR) is 67.0 cm³/mol. The van der Waals surface area contributed by atoms with Crippen LogP contribution in [0.3, 0.4) is 0 Å². The van der Waals surface area contributed by atoms with Crippen LogP contribution in [0.25, 0.3) is 0 Å². The number of ether oxygens (including phenoxy) is 1. The highest BCUT2D eigenvalue weighted by Crippen LogP contribution is 2.13. The van der Waals surface area contributed by atoms with Crippen LogP contribution in [0.4, 0.5) is 0 Å². The second-order valence-electron chi connectivity index (χ2n) is 4.57. The molecule has 0 spiro atoms. The molecule has 0 N–H and O–H groups in total. The van der Waals surface area contributed by atoms with Crippen LogP contribution in [0, 0.1) is 6.92 Å². The quantitative estimate of drug-likeness (QED) is 0.772. The summed E-state index contributed by atoms with van der Waals surface area (Å²) in [5, 5.41) is 0. The Morgan fingerprint density at radius 2 is 2.00 bits per heavy atom. The fourth-order valence-electron chi connectivity index (χ4n) is 2.18. The third-order valence-corrected chi connectivity index (χ3v) is 3.11. The topological polar surface area (TPSA) is 12.5 Å². The molecule has 1 aliphatic rings. The minimum atomic E-state index is 0.809. The zero-order valence-electron chi connectivity index (χ0n) is 10.1. The van der Waals surface area contributed by atoms with E-state index in [1.807, 2.05) is 12.1 Å². The van der Waals surface area contributed by atoms with Crippen molar-refractivity contribution in [1.29, 1.82) is 0 Å². The summed E-state index contributed by atoms with van der Waals surface area (Å²) in [6.07, 6.45) is 4.10. The standard InChI is InChI=1S/C14H21NO/c1-13-6-5-7-14(12-13)16-11-10-15-8-3-2-4-9-15/h5-7,12H,2-4,8-11H2,1H3. The van der Waals surface area contributed by atoms with E-state index in [0.29, 0.717) is 0 Å². The minimum Gasteiger partial charge on any atom is -0.492 e. The smallest absolute Gasteiger partial charge is 0.119 e. The van der Waals surface area contributed by atoms with Gasteiger partial charge >= 0.3 is 0 Å². The zero-order valence-corrected chi connectivity index (χ0v) is 10.1. The number of nitrogens with zero attached hydrogens (tertiary/aromatic N) is 1. The molecule has 0 saturated carbocycles. The van der Waals surface area contributed by atoms with Gasteiger partial charge in [-0.25, -0.2) is 0 Å². The maximum absolute atomic E-state index is 5.75. The Kier molecular flexibility index (Phi) is 4.23. The van der Waals surface area contributed by atoms with Gasteiger partial charge in [0.05, 0.1) is 0 Å². The lowest BCUT2D eigenvalue weighted by Gasteiger charge is -2.26. The van der Waals surface area contributed by atoms with Crippen LogP contribution < -0.4 is 4.74 Å². The molecule has 16 heavy (non-hydrogen) atoms. The number of likely N-dealkylation sites (tertiary alicyclic amines) is 1. The zero-order chi connectivity index (χ0) is 11.2. The van der Waals surface area contributed by atoms with E-state index < -0.39 is 0 Å². The molecule has 0 atom stereocenters. The Morgan fingerprint density at radius 3 is 2.75 bits per heavy atom. The molecule has 0 amide bonds. The van der Waals surface area contributed by atoms with Crippen molar-refractivity contribution in [2.24, 2.45) is 0 Å². The number of aryl methyl sites for hydroxylation is 1. The number of hydrogen-bond donors (Lipinski definition) is 0. The van der Waals surface area contributed by atoms with Gasteiger partial charge in [0, 0.05) is 6.54 Å². The summed E-state index contributed by atoms with van der Waals surface area (Å²) in [7, 11) is 0. The Hall–Kier alpha value is -1.02. The molecule has 0 aliphatic carbocycles. The molecular formula is C14H21NO. The third kappa shape index (κ3) is 3.53. The average molecular weight is 219 g/mol. The van der Waals surface area contributed by atoms with Crippen molar-refractivity contribution in [1.82, 2.24) is 4.90 Å². The van der Waals surface area contributed by atoms with Crippen molar-refractivity contribution >= 4 is 0 Å².